The maximum atomic E-state index is 11.3. The van der Waals surface area contributed by atoms with Crippen LogP contribution in [-0.2, 0) is 22.2 Å². The quantitative estimate of drug-likeness (QED) is 0.756. The summed E-state index contributed by atoms with van der Waals surface area (Å²) < 4.78 is 29.8. The molecule has 0 saturated heterocycles. The lowest BCUT2D eigenvalue weighted by atomic mass is 10.3. The van der Waals surface area contributed by atoms with Crippen molar-refractivity contribution in [3.63, 3.8) is 0 Å². The van der Waals surface area contributed by atoms with E-state index in [-0.39, 0.29) is 27.3 Å². The molecule has 0 spiro atoms. The molecule has 1 aromatic carbocycles. The van der Waals surface area contributed by atoms with Crippen molar-refractivity contribution in [3.8, 4) is 5.75 Å². The van der Waals surface area contributed by atoms with Gasteiger partial charge in [0.25, 0.3) is 9.05 Å². The molecule has 0 radical (unpaired) electrons. The highest BCUT2D eigenvalue weighted by molar-refractivity contribution is 8.13. The maximum absolute atomic E-state index is 11.3. The van der Waals surface area contributed by atoms with E-state index in [1.807, 2.05) is 6.92 Å². The van der Waals surface area contributed by atoms with Crippen molar-refractivity contribution >= 4 is 42.9 Å². The lowest BCUT2D eigenvalue weighted by Gasteiger charge is -2.10. The molecule has 0 amide bonds. The Morgan fingerprint density at radius 1 is 1.29 bits per heavy atom. The highest BCUT2D eigenvalue weighted by Gasteiger charge is 2.18. The first kappa shape index (κ1) is 16.4. The van der Waals surface area contributed by atoms with Gasteiger partial charge in [0.2, 0.25) is 0 Å². The van der Waals surface area contributed by atoms with Gasteiger partial charge in [0.1, 0.15) is 23.6 Å². The van der Waals surface area contributed by atoms with Crippen LogP contribution in [0.15, 0.2) is 23.4 Å². The van der Waals surface area contributed by atoms with Crippen molar-refractivity contribution in [3.05, 3.63) is 34.3 Å². The summed E-state index contributed by atoms with van der Waals surface area (Å²) in [4.78, 5) is 3.78. The molecular weight excluding hydrogens is 361 g/mol. The molecule has 0 aliphatic rings. The molecule has 21 heavy (non-hydrogen) atoms. The third-order valence-corrected chi connectivity index (χ3v) is 4.68. The van der Waals surface area contributed by atoms with Gasteiger partial charge < -0.3 is 4.74 Å². The third-order valence-electron chi connectivity index (χ3n) is 2.60. The van der Waals surface area contributed by atoms with Gasteiger partial charge in [-0.15, -0.1) is 0 Å². The van der Waals surface area contributed by atoms with Gasteiger partial charge in [-0.2, -0.15) is 5.10 Å². The normalized spacial score (nSPS) is 11.6. The second-order valence-electron chi connectivity index (χ2n) is 3.93. The van der Waals surface area contributed by atoms with Crippen LogP contribution in [0, 0.1) is 0 Å². The van der Waals surface area contributed by atoms with Crippen LogP contribution in [0.1, 0.15) is 12.7 Å². The highest BCUT2D eigenvalue weighted by Crippen LogP contribution is 2.35. The Morgan fingerprint density at radius 3 is 2.62 bits per heavy atom. The van der Waals surface area contributed by atoms with Crippen LogP contribution >= 0.6 is 33.9 Å². The average molecular weight is 371 g/mol. The van der Waals surface area contributed by atoms with Crippen molar-refractivity contribution in [1.29, 1.82) is 0 Å². The van der Waals surface area contributed by atoms with Crippen molar-refractivity contribution in [2.24, 2.45) is 0 Å². The lowest BCUT2D eigenvalue weighted by molar-refractivity contribution is 0.287. The number of aromatic nitrogens is 3. The van der Waals surface area contributed by atoms with E-state index >= 15 is 0 Å². The fourth-order valence-corrected chi connectivity index (χ4v) is 3.41. The number of benzene rings is 1. The van der Waals surface area contributed by atoms with Crippen molar-refractivity contribution in [2.45, 2.75) is 25.0 Å². The number of aryl methyl sites for hydroxylation is 1. The molecule has 0 bridgehead atoms. The highest BCUT2D eigenvalue weighted by atomic mass is 35.7. The van der Waals surface area contributed by atoms with Crippen LogP contribution < -0.4 is 4.74 Å². The molecule has 0 fully saturated rings. The van der Waals surface area contributed by atoms with Crippen LogP contribution in [-0.4, -0.2) is 23.2 Å². The number of rotatable bonds is 5. The molecule has 2 rings (SSSR count). The number of hydrogen-bond donors (Lipinski definition) is 0. The second-order valence-corrected chi connectivity index (χ2v) is 7.28. The summed E-state index contributed by atoms with van der Waals surface area (Å²) in [6, 6.07) is 2.44. The van der Waals surface area contributed by atoms with Crippen LogP contribution in [0.3, 0.4) is 0 Å². The monoisotopic (exact) mass is 369 g/mol. The lowest BCUT2D eigenvalue weighted by Crippen LogP contribution is -2.07. The first-order valence-electron chi connectivity index (χ1n) is 5.76. The van der Waals surface area contributed by atoms with Crippen molar-refractivity contribution < 1.29 is 13.2 Å². The van der Waals surface area contributed by atoms with Gasteiger partial charge in [-0.3, -0.25) is 0 Å². The van der Waals surface area contributed by atoms with E-state index in [0.717, 1.165) is 6.07 Å². The molecule has 0 saturated carbocycles. The van der Waals surface area contributed by atoms with E-state index in [1.54, 1.807) is 4.68 Å². The Bertz CT molecular complexity index is 761. The molecular formula is C11H10Cl3N3O3S. The Kier molecular flexibility index (Phi) is 4.98. The molecule has 6 nitrogen and oxygen atoms in total. The number of halogens is 3. The largest absolute Gasteiger partial charge is 0.484 e. The Balaban J connectivity index is 2.24. The number of ether oxygens (including phenoxy) is 1. The van der Waals surface area contributed by atoms with Gasteiger partial charge in [0, 0.05) is 23.3 Å². The summed E-state index contributed by atoms with van der Waals surface area (Å²) in [5.74, 6) is 0.843. The van der Waals surface area contributed by atoms with Gasteiger partial charge in [-0.25, -0.2) is 18.1 Å². The second kappa shape index (κ2) is 6.39. The van der Waals surface area contributed by atoms with Crippen LogP contribution in [0.5, 0.6) is 5.75 Å². The standard InChI is InChI=1S/C11H10Cl3N3O3S/c1-2-17-11(15-6-16-17)5-20-9-3-8(13)10(4-7(9)12)21(14,18)19/h3-4,6H,2,5H2,1H3. The fourth-order valence-electron chi connectivity index (χ4n) is 1.61. The molecule has 10 heteroatoms. The summed E-state index contributed by atoms with van der Waals surface area (Å²) in [6.07, 6.45) is 1.42. The summed E-state index contributed by atoms with van der Waals surface area (Å²) >= 11 is 11.8. The van der Waals surface area contributed by atoms with Crippen molar-refractivity contribution in [2.75, 3.05) is 0 Å². The van der Waals surface area contributed by atoms with E-state index < -0.39 is 9.05 Å². The van der Waals surface area contributed by atoms with Gasteiger partial charge in [0.05, 0.1) is 10.0 Å². The molecule has 0 N–H and O–H groups in total. The molecule has 114 valence electrons. The number of nitrogens with zero attached hydrogens (tertiary/aromatic N) is 3. The zero-order chi connectivity index (χ0) is 15.6. The topological polar surface area (TPSA) is 74.1 Å². The molecule has 0 aliphatic heterocycles. The molecule has 1 aromatic heterocycles. The average Bonchev–Trinajstić information content (AvgIpc) is 2.85. The van der Waals surface area contributed by atoms with Gasteiger partial charge in [-0.05, 0) is 13.0 Å². The SMILES string of the molecule is CCn1ncnc1COc1cc(Cl)c(S(=O)(=O)Cl)cc1Cl. The molecule has 1 heterocycles. The predicted octanol–water partition coefficient (Wildman–Crippen LogP) is 3.11. The van der Waals surface area contributed by atoms with E-state index in [4.69, 9.17) is 38.6 Å². The van der Waals surface area contributed by atoms with E-state index in [0.29, 0.717) is 12.4 Å². The van der Waals surface area contributed by atoms with E-state index in [9.17, 15) is 8.42 Å². The van der Waals surface area contributed by atoms with Gasteiger partial charge in [-0.1, -0.05) is 23.2 Å². The summed E-state index contributed by atoms with van der Waals surface area (Å²) in [7, 11) is 1.28. The molecule has 2 aromatic rings. The van der Waals surface area contributed by atoms with E-state index in [2.05, 4.69) is 10.1 Å². The minimum atomic E-state index is -3.97. The summed E-state index contributed by atoms with van der Waals surface area (Å²) in [5, 5.41) is 4.02. The van der Waals surface area contributed by atoms with Crippen LogP contribution in [0.2, 0.25) is 10.0 Å². The smallest absolute Gasteiger partial charge is 0.262 e. The molecule has 0 aliphatic carbocycles. The first-order valence-corrected chi connectivity index (χ1v) is 8.82. The molecule has 0 unspecified atom stereocenters. The predicted molar refractivity (Wildman–Crippen MR) is 79.5 cm³/mol. The number of hydrogen-bond acceptors (Lipinski definition) is 5. The Morgan fingerprint density at radius 2 is 2.00 bits per heavy atom. The first-order chi connectivity index (χ1) is 9.82. The Labute approximate surface area is 136 Å². The molecule has 0 atom stereocenters. The maximum Gasteiger partial charge on any atom is 0.262 e. The zero-order valence-corrected chi connectivity index (χ0v) is 13.8. The zero-order valence-electron chi connectivity index (χ0n) is 10.8. The fraction of sp³-hybridized carbons (Fsp3) is 0.273. The van der Waals surface area contributed by atoms with Gasteiger partial charge >= 0.3 is 0 Å². The van der Waals surface area contributed by atoms with Crippen LogP contribution in [0.4, 0.5) is 0 Å². The summed E-state index contributed by atoms with van der Waals surface area (Å²) in [5.41, 5.74) is 0. The minimum absolute atomic E-state index is 0.0682. The Hall–Kier alpha value is -1.02. The third kappa shape index (κ3) is 3.79. The van der Waals surface area contributed by atoms with Crippen molar-refractivity contribution in [1.82, 2.24) is 14.8 Å². The van der Waals surface area contributed by atoms with Crippen LogP contribution in [0.25, 0.3) is 0 Å². The van der Waals surface area contributed by atoms with Gasteiger partial charge in [0.15, 0.2) is 5.82 Å². The van der Waals surface area contributed by atoms with E-state index in [1.165, 1.54) is 12.4 Å². The minimum Gasteiger partial charge on any atom is -0.484 e. The summed E-state index contributed by atoms with van der Waals surface area (Å²) in [6.45, 7) is 2.69.